The first kappa shape index (κ1) is 13.4. The average molecular weight is 259 g/mol. The van der Waals surface area contributed by atoms with Crippen LogP contribution in [0.3, 0.4) is 0 Å². The molecule has 1 aromatic carbocycles. The monoisotopic (exact) mass is 258 g/mol. The predicted molar refractivity (Wildman–Crippen MR) is 68.6 cm³/mol. The van der Waals surface area contributed by atoms with Crippen molar-refractivity contribution >= 4 is 29.3 Å². The molecule has 0 amide bonds. The smallest absolute Gasteiger partial charge is 0.335 e. The summed E-state index contributed by atoms with van der Waals surface area (Å²) in [6.07, 6.45) is 1.13. The van der Waals surface area contributed by atoms with E-state index in [1.54, 1.807) is 23.9 Å². The van der Waals surface area contributed by atoms with Crippen molar-refractivity contribution < 1.29 is 9.90 Å². The van der Waals surface area contributed by atoms with Crippen LogP contribution in [0.15, 0.2) is 23.1 Å². The SMILES string of the molecule is CC(C)CCSc1ccc(C(=O)O)cc1Cl. The Labute approximate surface area is 105 Å². The van der Waals surface area contributed by atoms with Crippen molar-refractivity contribution in [2.45, 2.75) is 25.2 Å². The highest BCUT2D eigenvalue weighted by Gasteiger charge is 2.07. The summed E-state index contributed by atoms with van der Waals surface area (Å²) in [5.74, 6) is 0.731. The molecule has 88 valence electrons. The first-order valence-electron chi connectivity index (χ1n) is 5.16. The summed E-state index contributed by atoms with van der Waals surface area (Å²) in [5.41, 5.74) is 0.234. The minimum Gasteiger partial charge on any atom is -0.478 e. The van der Waals surface area contributed by atoms with Crippen molar-refractivity contribution in [2.75, 3.05) is 5.75 Å². The molecule has 0 atom stereocenters. The van der Waals surface area contributed by atoms with Crippen molar-refractivity contribution in [3.8, 4) is 0 Å². The molecule has 0 radical (unpaired) electrons. The van der Waals surface area contributed by atoms with Crippen molar-refractivity contribution in [1.82, 2.24) is 0 Å². The van der Waals surface area contributed by atoms with E-state index in [1.807, 2.05) is 0 Å². The lowest BCUT2D eigenvalue weighted by molar-refractivity contribution is 0.0697. The number of benzene rings is 1. The number of hydrogen-bond acceptors (Lipinski definition) is 2. The van der Waals surface area contributed by atoms with Gasteiger partial charge in [-0.1, -0.05) is 25.4 Å². The minimum atomic E-state index is -0.944. The molecule has 0 aliphatic rings. The van der Waals surface area contributed by atoms with Gasteiger partial charge in [-0.15, -0.1) is 11.8 Å². The van der Waals surface area contributed by atoms with E-state index in [9.17, 15) is 4.79 Å². The molecular weight excluding hydrogens is 244 g/mol. The van der Waals surface area contributed by atoms with Gasteiger partial charge in [-0.2, -0.15) is 0 Å². The Morgan fingerprint density at radius 2 is 2.19 bits per heavy atom. The van der Waals surface area contributed by atoms with E-state index in [2.05, 4.69) is 13.8 Å². The summed E-state index contributed by atoms with van der Waals surface area (Å²) >= 11 is 7.68. The maximum atomic E-state index is 10.7. The molecule has 4 heteroatoms. The normalized spacial score (nSPS) is 10.8. The number of hydrogen-bond donors (Lipinski definition) is 1. The van der Waals surface area contributed by atoms with E-state index in [1.165, 1.54) is 6.07 Å². The van der Waals surface area contributed by atoms with E-state index in [-0.39, 0.29) is 5.56 Å². The van der Waals surface area contributed by atoms with E-state index < -0.39 is 5.97 Å². The van der Waals surface area contributed by atoms with Crippen LogP contribution in [0.4, 0.5) is 0 Å². The highest BCUT2D eigenvalue weighted by Crippen LogP contribution is 2.29. The Morgan fingerprint density at radius 1 is 1.50 bits per heavy atom. The highest BCUT2D eigenvalue weighted by molar-refractivity contribution is 7.99. The zero-order chi connectivity index (χ0) is 12.1. The number of aromatic carboxylic acids is 1. The molecule has 0 aliphatic carbocycles. The number of thioether (sulfide) groups is 1. The van der Waals surface area contributed by atoms with Gasteiger partial charge in [0.2, 0.25) is 0 Å². The van der Waals surface area contributed by atoms with Gasteiger partial charge in [-0.05, 0) is 36.3 Å². The van der Waals surface area contributed by atoms with Gasteiger partial charge in [0.15, 0.2) is 0 Å². The van der Waals surface area contributed by atoms with Crippen LogP contribution in [-0.4, -0.2) is 16.8 Å². The van der Waals surface area contributed by atoms with Crippen LogP contribution >= 0.6 is 23.4 Å². The zero-order valence-corrected chi connectivity index (χ0v) is 10.9. The Kier molecular flexibility index (Phi) is 5.16. The number of carboxylic acids is 1. The second-order valence-corrected chi connectivity index (χ2v) is 5.53. The van der Waals surface area contributed by atoms with E-state index in [0.717, 1.165) is 17.1 Å². The van der Waals surface area contributed by atoms with Gasteiger partial charge in [-0.25, -0.2) is 4.79 Å². The molecule has 1 rings (SSSR count). The van der Waals surface area contributed by atoms with Gasteiger partial charge in [-0.3, -0.25) is 0 Å². The fourth-order valence-electron chi connectivity index (χ4n) is 1.16. The van der Waals surface area contributed by atoms with Gasteiger partial charge >= 0.3 is 5.97 Å². The Morgan fingerprint density at radius 3 is 2.69 bits per heavy atom. The first-order valence-corrected chi connectivity index (χ1v) is 6.52. The molecule has 0 aromatic heterocycles. The van der Waals surface area contributed by atoms with Crippen molar-refractivity contribution in [2.24, 2.45) is 5.92 Å². The Balaban J connectivity index is 2.64. The van der Waals surface area contributed by atoms with E-state index in [4.69, 9.17) is 16.7 Å². The van der Waals surface area contributed by atoms with Gasteiger partial charge in [0.1, 0.15) is 0 Å². The lowest BCUT2D eigenvalue weighted by Gasteiger charge is -2.06. The quantitative estimate of drug-likeness (QED) is 0.805. The largest absolute Gasteiger partial charge is 0.478 e. The standard InChI is InChI=1S/C12H15ClO2S/c1-8(2)5-6-16-11-4-3-9(12(14)15)7-10(11)13/h3-4,7-8H,5-6H2,1-2H3,(H,14,15). The third kappa shape index (κ3) is 4.06. The summed E-state index contributed by atoms with van der Waals surface area (Å²) in [5, 5.41) is 9.31. The fourth-order valence-corrected chi connectivity index (χ4v) is 2.67. The number of carboxylic acid groups (broad SMARTS) is 1. The maximum absolute atomic E-state index is 10.7. The topological polar surface area (TPSA) is 37.3 Å². The highest BCUT2D eigenvalue weighted by atomic mass is 35.5. The number of carbonyl (C=O) groups is 1. The summed E-state index contributed by atoms with van der Waals surface area (Å²) in [6.45, 7) is 4.35. The maximum Gasteiger partial charge on any atom is 0.335 e. The molecular formula is C12H15ClO2S. The van der Waals surface area contributed by atoms with Gasteiger partial charge in [0.05, 0.1) is 10.6 Å². The Hall–Kier alpha value is -0.670. The molecule has 2 nitrogen and oxygen atoms in total. The Bertz CT molecular complexity index is 377. The van der Waals surface area contributed by atoms with Gasteiger partial charge < -0.3 is 5.11 Å². The molecule has 0 saturated carbocycles. The van der Waals surface area contributed by atoms with Crippen LogP contribution in [0.1, 0.15) is 30.6 Å². The third-order valence-electron chi connectivity index (χ3n) is 2.13. The molecule has 0 saturated heterocycles. The molecule has 1 aromatic rings. The second kappa shape index (κ2) is 6.16. The molecule has 0 aliphatic heterocycles. The number of rotatable bonds is 5. The second-order valence-electron chi connectivity index (χ2n) is 3.98. The molecule has 0 spiro atoms. The van der Waals surface area contributed by atoms with Crippen molar-refractivity contribution in [3.63, 3.8) is 0 Å². The van der Waals surface area contributed by atoms with Gasteiger partial charge in [0, 0.05) is 4.90 Å². The molecule has 16 heavy (non-hydrogen) atoms. The minimum absolute atomic E-state index is 0.234. The van der Waals surface area contributed by atoms with Crippen LogP contribution in [0.25, 0.3) is 0 Å². The molecule has 0 unspecified atom stereocenters. The van der Waals surface area contributed by atoms with E-state index >= 15 is 0 Å². The van der Waals surface area contributed by atoms with Crippen LogP contribution in [0, 0.1) is 5.92 Å². The summed E-state index contributed by atoms with van der Waals surface area (Å²) in [6, 6.07) is 4.87. The first-order chi connectivity index (χ1) is 7.50. The van der Waals surface area contributed by atoms with Crippen LogP contribution in [0.5, 0.6) is 0 Å². The van der Waals surface area contributed by atoms with Crippen LogP contribution < -0.4 is 0 Å². The summed E-state index contributed by atoms with van der Waals surface area (Å²) in [4.78, 5) is 11.7. The van der Waals surface area contributed by atoms with E-state index in [0.29, 0.717) is 10.9 Å². The van der Waals surface area contributed by atoms with Crippen LogP contribution in [-0.2, 0) is 0 Å². The number of halogens is 1. The van der Waals surface area contributed by atoms with Crippen LogP contribution in [0.2, 0.25) is 5.02 Å². The fraction of sp³-hybridized carbons (Fsp3) is 0.417. The summed E-state index contributed by atoms with van der Waals surface area (Å²) < 4.78 is 0. The average Bonchev–Trinajstić information content (AvgIpc) is 2.19. The lowest BCUT2D eigenvalue weighted by atomic mass is 10.2. The predicted octanol–water partition coefficient (Wildman–Crippen LogP) is 4.18. The van der Waals surface area contributed by atoms with Gasteiger partial charge in [0.25, 0.3) is 0 Å². The summed E-state index contributed by atoms with van der Waals surface area (Å²) in [7, 11) is 0. The molecule has 0 heterocycles. The molecule has 0 fully saturated rings. The molecule has 0 bridgehead atoms. The van der Waals surface area contributed by atoms with Crippen molar-refractivity contribution in [1.29, 1.82) is 0 Å². The zero-order valence-electron chi connectivity index (χ0n) is 9.37. The van der Waals surface area contributed by atoms with Crippen molar-refractivity contribution in [3.05, 3.63) is 28.8 Å². The molecule has 1 N–H and O–H groups in total. The lowest BCUT2D eigenvalue weighted by Crippen LogP contribution is -1.96. The third-order valence-corrected chi connectivity index (χ3v) is 3.66.